The summed E-state index contributed by atoms with van der Waals surface area (Å²) in [4.78, 5) is 16.1. The molecule has 18 heavy (non-hydrogen) atoms. The normalized spacial score (nSPS) is 21.2. The van der Waals surface area contributed by atoms with Crippen LogP contribution < -0.4 is 5.32 Å². The lowest BCUT2D eigenvalue weighted by Crippen LogP contribution is -2.41. The first-order valence-corrected chi connectivity index (χ1v) is 6.42. The highest BCUT2D eigenvalue weighted by atomic mass is 16.5. The topological polar surface area (TPSA) is 79.9 Å². The molecule has 100 valence electrons. The standard InChI is InChI=1S/C12H20N4O2/c1-7(2)10-14-11(16-15-10)12(17)13-8(3)9-5-4-6-18-9/h7-9H,4-6H2,1-3H3,(H,13,17)(H,14,15,16). The van der Waals surface area contributed by atoms with Crippen molar-refractivity contribution in [3.05, 3.63) is 11.6 Å². The van der Waals surface area contributed by atoms with Crippen LogP contribution in [0.3, 0.4) is 0 Å². The number of H-pyrrole nitrogens is 1. The van der Waals surface area contributed by atoms with Gasteiger partial charge in [-0.25, -0.2) is 4.98 Å². The fourth-order valence-electron chi connectivity index (χ4n) is 2.00. The third kappa shape index (κ3) is 2.87. The molecule has 0 aliphatic carbocycles. The predicted molar refractivity (Wildman–Crippen MR) is 66.4 cm³/mol. The molecule has 1 aromatic rings. The van der Waals surface area contributed by atoms with Crippen molar-refractivity contribution in [2.75, 3.05) is 6.61 Å². The molecule has 6 heteroatoms. The Labute approximate surface area is 107 Å². The Kier molecular flexibility index (Phi) is 3.96. The van der Waals surface area contributed by atoms with Crippen molar-refractivity contribution < 1.29 is 9.53 Å². The maximum absolute atomic E-state index is 11.9. The van der Waals surface area contributed by atoms with Crippen molar-refractivity contribution in [2.24, 2.45) is 0 Å². The molecule has 1 aromatic heterocycles. The highest BCUT2D eigenvalue weighted by molar-refractivity contribution is 5.90. The molecule has 0 spiro atoms. The lowest BCUT2D eigenvalue weighted by molar-refractivity contribution is 0.0706. The van der Waals surface area contributed by atoms with Crippen molar-refractivity contribution in [3.63, 3.8) is 0 Å². The van der Waals surface area contributed by atoms with Gasteiger partial charge in [0.2, 0.25) is 5.82 Å². The third-order valence-electron chi connectivity index (χ3n) is 3.13. The molecule has 0 saturated carbocycles. The highest BCUT2D eigenvalue weighted by Gasteiger charge is 2.25. The third-order valence-corrected chi connectivity index (χ3v) is 3.13. The van der Waals surface area contributed by atoms with Crippen LogP contribution in [0, 0.1) is 0 Å². The zero-order valence-corrected chi connectivity index (χ0v) is 11.1. The van der Waals surface area contributed by atoms with E-state index in [4.69, 9.17) is 4.74 Å². The first-order valence-electron chi connectivity index (χ1n) is 6.42. The number of carbonyl (C=O) groups is 1. The second-order valence-corrected chi connectivity index (χ2v) is 5.01. The van der Waals surface area contributed by atoms with Gasteiger partial charge >= 0.3 is 0 Å². The monoisotopic (exact) mass is 252 g/mol. The van der Waals surface area contributed by atoms with E-state index in [-0.39, 0.29) is 29.8 Å². The molecule has 6 nitrogen and oxygen atoms in total. The van der Waals surface area contributed by atoms with Gasteiger partial charge in [0.25, 0.3) is 5.91 Å². The maximum Gasteiger partial charge on any atom is 0.291 e. The molecule has 2 heterocycles. The molecule has 2 unspecified atom stereocenters. The first kappa shape index (κ1) is 13.0. The average Bonchev–Trinajstić information content (AvgIpc) is 3.00. The summed E-state index contributed by atoms with van der Waals surface area (Å²) >= 11 is 0. The van der Waals surface area contributed by atoms with Crippen molar-refractivity contribution >= 4 is 5.91 Å². The van der Waals surface area contributed by atoms with Gasteiger partial charge in [-0.1, -0.05) is 13.8 Å². The minimum atomic E-state index is -0.249. The van der Waals surface area contributed by atoms with Gasteiger partial charge in [-0.2, -0.15) is 0 Å². The summed E-state index contributed by atoms with van der Waals surface area (Å²) in [6.07, 6.45) is 2.16. The van der Waals surface area contributed by atoms with E-state index in [9.17, 15) is 4.79 Å². The van der Waals surface area contributed by atoms with Gasteiger partial charge in [0, 0.05) is 12.5 Å². The van der Waals surface area contributed by atoms with E-state index >= 15 is 0 Å². The summed E-state index contributed by atoms with van der Waals surface area (Å²) in [5, 5.41) is 9.59. The molecular weight excluding hydrogens is 232 g/mol. The number of hydrogen-bond acceptors (Lipinski definition) is 4. The van der Waals surface area contributed by atoms with Gasteiger partial charge in [-0.3, -0.25) is 9.89 Å². The van der Waals surface area contributed by atoms with Crippen LogP contribution in [0.4, 0.5) is 0 Å². The van der Waals surface area contributed by atoms with Crippen LogP contribution in [0.25, 0.3) is 0 Å². The Balaban J connectivity index is 1.93. The Hall–Kier alpha value is -1.43. The molecule has 1 fully saturated rings. The van der Waals surface area contributed by atoms with Gasteiger partial charge in [0.05, 0.1) is 12.1 Å². The zero-order valence-electron chi connectivity index (χ0n) is 11.1. The summed E-state index contributed by atoms with van der Waals surface area (Å²) in [5.74, 6) is 0.907. The lowest BCUT2D eigenvalue weighted by atomic mass is 10.1. The summed E-state index contributed by atoms with van der Waals surface area (Å²) in [6.45, 7) is 6.72. The SMILES string of the molecule is CC(C)c1nc(C(=O)NC(C)C2CCCO2)n[nH]1. The summed E-state index contributed by atoms with van der Waals surface area (Å²) < 4.78 is 5.53. The molecule has 0 aromatic carbocycles. The molecule has 1 aliphatic rings. The summed E-state index contributed by atoms with van der Waals surface area (Å²) in [7, 11) is 0. The number of aromatic amines is 1. The van der Waals surface area contributed by atoms with Crippen molar-refractivity contribution in [2.45, 2.75) is 51.7 Å². The van der Waals surface area contributed by atoms with Crippen molar-refractivity contribution in [1.29, 1.82) is 0 Å². The van der Waals surface area contributed by atoms with Gasteiger partial charge in [0.15, 0.2) is 0 Å². The number of aromatic nitrogens is 3. The van der Waals surface area contributed by atoms with Gasteiger partial charge < -0.3 is 10.1 Å². The molecule has 2 rings (SSSR count). The largest absolute Gasteiger partial charge is 0.376 e. The van der Waals surface area contributed by atoms with E-state index in [2.05, 4.69) is 20.5 Å². The van der Waals surface area contributed by atoms with E-state index in [0.717, 1.165) is 25.3 Å². The first-order chi connectivity index (χ1) is 8.58. The Morgan fingerprint density at radius 2 is 2.28 bits per heavy atom. The van der Waals surface area contributed by atoms with Gasteiger partial charge in [0.1, 0.15) is 5.82 Å². The van der Waals surface area contributed by atoms with Crippen LogP contribution >= 0.6 is 0 Å². The average molecular weight is 252 g/mol. The van der Waals surface area contributed by atoms with Crippen LogP contribution in [-0.4, -0.2) is 39.8 Å². The van der Waals surface area contributed by atoms with Crippen molar-refractivity contribution in [3.8, 4) is 0 Å². The number of nitrogens with zero attached hydrogens (tertiary/aromatic N) is 2. The number of carbonyl (C=O) groups excluding carboxylic acids is 1. The Bertz CT molecular complexity index is 410. The second kappa shape index (κ2) is 5.48. The molecule has 1 aliphatic heterocycles. The Morgan fingerprint density at radius 3 is 2.83 bits per heavy atom. The maximum atomic E-state index is 11.9. The number of hydrogen-bond donors (Lipinski definition) is 2. The van der Waals surface area contributed by atoms with Crippen molar-refractivity contribution in [1.82, 2.24) is 20.5 Å². The Morgan fingerprint density at radius 1 is 1.50 bits per heavy atom. The molecule has 1 saturated heterocycles. The van der Waals surface area contributed by atoms with E-state index in [1.807, 2.05) is 20.8 Å². The molecular formula is C12H20N4O2. The minimum absolute atomic E-state index is 0.0130. The number of rotatable bonds is 4. The van der Waals surface area contributed by atoms with Crippen LogP contribution in [0.5, 0.6) is 0 Å². The highest BCUT2D eigenvalue weighted by Crippen LogP contribution is 2.15. The zero-order chi connectivity index (χ0) is 13.1. The van der Waals surface area contributed by atoms with Crippen LogP contribution in [0.2, 0.25) is 0 Å². The number of ether oxygens (including phenoxy) is 1. The van der Waals surface area contributed by atoms with Crippen LogP contribution in [0.1, 0.15) is 56.0 Å². The quantitative estimate of drug-likeness (QED) is 0.844. The fourth-order valence-corrected chi connectivity index (χ4v) is 2.00. The van der Waals surface area contributed by atoms with Gasteiger partial charge in [-0.05, 0) is 19.8 Å². The van der Waals surface area contributed by atoms with E-state index in [1.165, 1.54) is 0 Å². The minimum Gasteiger partial charge on any atom is -0.376 e. The predicted octanol–water partition coefficient (Wildman–Crippen LogP) is 1.23. The fraction of sp³-hybridized carbons (Fsp3) is 0.750. The molecule has 2 atom stereocenters. The van der Waals surface area contributed by atoms with E-state index in [1.54, 1.807) is 0 Å². The number of nitrogens with one attached hydrogen (secondary N) is 2. The molecule has 0 radical (unpaired) electrons. The molecule has 1 amide bonds. The summed E-state index contributed by atoms with van der Waals surface area (Å²) in [6, 6.07) is -0.0130. The second-order valence-electron chi connectivity index (χ2n) is 5.01. The van der Waals surface area contributed by atoms with E-state index in [0.29, 0.717) is 0 Å². The van der Waals surface area contributed by atoms with Crippen LogP contribution in [0.15, 0.2) is 0 Å². The van der Waals surface area contributed by atoms with E-state index < -0.39 is 0 Å². The lowest BCUT2D eigenvalue weighted by Gasteiger charge is -2.18. The smallest absolute Gasteiger partial charge is 0.291 e. The molecule has 2 N–H and O–H groups in total. The van der Waals surface area contributed by atoms with Gasteiger partial charge in [-0.15, -0.1) is 5.10 Å². The van der Waals surface area contributed by atoms with Crippen LogP contribution in [-0.2, 0) is 4.74 Å². The molecule has 0 bridgehead atoms. The number of amides is 1. The summed E-state index contributed by atoms with van der Waals surface area (Å²) in [5.41, 5.74) is 0.